The molecule has 3 aliphatic rings. The maximum Gasteiger partial charge on any atom is 0.0583 e. The molecule has 0 unspecified atom stereocenters. The molecule has 1 heteroatoms. The van der Waals surface area contributed by atoms with Gasteiger partial charge in [-0.3, -0.25) is 0 Å². The molecule has 3 saturated carbocycles. The van der Waals surface area contributed by atoms with E-state index in [0.29, 0.717) is 23.2 Å². The van der Waals surface area contributed by atoms with Crippen molar-refractivity contribution >= 4 is 0 Å². The first-order valence-corrected chi connectivity index (χ1v) is 11.8. The highest BCUT2D eigenvalue weighted by molar-refractivity contribution is 5.36. The third-order valence-electron chi connectivity index (χ3n) is 8.22. The van der Waals surface area contributed by atoms with E-state index in [4.69, 9.17) is 0 Å². The van der Waals surface area contributed by atoms with E-state index in [1.807, 2.05) is 0 Å². The van der Waals surface area contributed by atoms with Crippen molar-refractivity contribution in [3.05, 3.63) is 59.8 Å². The SMILES string of the molecule is C=C1CC[C@H](O)C/C1=C/C=C1CCC[C@]2(C)[C@@H]([C@H](C)/C=C/C(=C)C(C)C)CC[C@@H]12. The summed E-state index contributed by atoms with van der Waals surface area (Å²) in [7, 11) is 0. The molecule has 0 heterocycles. The van der Waals surface area contributed by atoms with Crippen molar-refractivity contribution in [3.8, 4) is 0 Å². The molecular weight excluding hydrogens is 352 g/mol. The standard InChI is InChI=1S/C28H42O/c1-19(2)20(3)9-10-22(5)26-15-16-27-23(8-7-17-28(26,27)6)12-13-24-18-25(29)14-11-21(24)4/h9-10,12-13,19,22,25-27,29H,3-4,7-8,11,14-18H2,1-2,5-6H3/b10-9+,23-12?,24-13-/t22-,25+,26-,27+,28-/m1/s1. The average molecular weight is 395 g/mol. The lowest BCUT2D eigenvalue weighted by atomic mass is 9.61. The molecule has 1 nitrogen and oxygen atoms in total. The molecule has 0 bridgehead atoms. The highest BCUT2D eigenvalue weighted by atomic mass is 16.3. The monoisotopic (exact) mass is 394 g/mol. The first kappa shape index (κ1) is 22.3. The van der Waals surface area contributed by atoms with Crippen LogP contribution in [0.4, 0.5) is 0 Å². The van der Waals surface area contributed by atoms with Crippen LogP contribution in [0.2, 0.25) is 0 Å². The van der Waals surface area contributed by atoms with Gasteiger partial charge in [0.2, 0.25) is 0 Å². The normalized spacial score (nSPS) is 36.9. The van der Waals surface area contributed by atoms with Crippen LogP contribution >= 0.6 is 0 Å². The second-order valence-corrected chi connectivity index (χ2v) is 10.5. The summed E-state index contributed by atoms with van der Waals surface area (Å²) in [4.78, 5) is 0. The van der Waals surface area contributed by atoms with Crippen molar-refractivity contribution in [3.63, 3.8) is 0 Å². The molecule has 0 radical (unpaired) electrons. The van der Waals surface area contributed by atoms with Gasteiger partial charge in [-0.1, -0.05) is 81.9 Å². The second kappa shape index (κ2) is 9.21. The Morgan fingerprint density at radius 1 is 1.14 bits per heavy atom. The van der Waals surface area contributed by atoms with Gasteiger partial charge in [0, 0.05) is 0 Å². The quantitative estimate of drug-likeness (QED) is 0.477. The van der Waals surface area contributed by atoms with E-state index in [9.17, 15) is 5.11 Å². The third-order valence-corrected chi connectivity index (χ3v) is 8.22. The van der Waals surface area contributed by atoms with Crippen LogP contribution in [-0.4, -0.2) is 11.2 Å². The van der Waals surface area contributed by atoms with Gasteiger partial charge in [0.15, 0.2) is 0 Å². The summed E-state index contributed by atoms with van der Waals surface area (Å²) >= 11 is 0. The van der Waals surface area contributed by atoms with Crippen LogP contribution in [0.1, 0.15) is 79.1 Å². The Balaban J connectivity index is 1.76. The highest BCUT2D eigenvalue weighted by Gasteiger charge is 2.50. The molecule has 0 amide bonds. The van der Waals surface area contributed by atoms with E-state index in [1.165, 1.54) is 48.8 Å². The molecular formula is C28H42O. The Kier molecular flexibility index (Phi) is 7.10. The molecule has 0 spiro atoms. The van der Waals surface area contributed by atoms with Crippen molar-refractivity contribution in [1.82, 2.24) is 0 Å². The summed E-state index contributed by atoms with van der Waals surface area (Å²) in [6.07, 6.45) is 18.3. The summed E-state index contributed by atoms with van der Waals surface area (Å²) in [6, 6.07) is 0. The van der Waals surface area contributed by atoms with E-state index in [2.05, 4.69) is 65.2 Å². The number of aliphatic hydroxyl groups is 1. The fourth-order valence-electron chi connectivity index (χ4n) is 6.14. The summed E-state index contributed by atoms with van der Waals surface area (Å²) in [5.41, 5.74) is 5.78. The van der Waals surface area contributed by atoms with E-state index in [-0.39, 0.29) is 6.10 Å². The molecule has 0 aromatic heterocycles. The molecule has 3 aliphatic carbocycles. The molecule has 3 rings (SSSR count). The Bertz CT molecular complexity index is 719. The lowest BCUT2D eigenvalue weighted by Gasteiger charge is -2.44. The molecule has 0 aliphatic heterocycles. The van der Waals surface area contributed by atoms with Crippen LogP contribution in [0, 0.1) is 29.1 Å². The minimum atomic E-state index is -0.189. The summed E-state index contributed by atoms with van der Waals surface area (Å²) in [5.74, 6) is 2.60. The van der Waals surface area contributed by atoms with E-state index in [0.717, 1.165) is 25.2 Å². The topological polar surface area (TPSA) is 20.2 Å². The maximum atomic E-state index is 10.0. The van der Waals surface area contributed by atoms with Crippen LogP contribution < -0.4 is 0 Å². The van der Waals surface area contributed by atoms with Crippen LogP contribution in [0.15, 0.2) is 59.8 Å². The zero-order valence-corrected chi connectivity index (χ0v) is 19.2. The Labute approximate surface area is 179 Å². The van der Waals surface area contributed by atoms with Gasteiger partial charge in [-0.25, -0.2) is 0 Å². The van der Waals surface area contributed by atoms with Gasteiger partial charge in [0.1, 0.15) is 0 Å². The van der Waals surface area contributed by atoms with Gasteiger partial charge in [-0.15, -0.1) is 0 Å². The van der Waals surface area contributed by atoms with Crippen LogP contribution in [0.3, 0.4) is 0 Å². The smallest absolute Gasteiger partial charge is 0.0583 e. The minimum Gasteiger partial charge on any atom is -0.393 e. The predicted molar refractivity (Wildman–Crippen MR) is 126 cm³/mol. The number of hydrogen-bond donors (Lipinski definition) is 1. The van der Waals surface area contributed by atoms with E-state index in [1.54, 1.807) is 5.57 Å². The summed E-state index contributed by atoms with van der Waals surface area (Å²) < 4.78 is 0. The van der Waals surface area contributed by atoms with Crippen molar-refractivity contribution in [2.24, 2.45) is 29.1 Å². The highest BCUT2D eigenvalue weighted by Crippen LogP contribution is 2.59. The number of rotatable bonds is 5. The van der Waals surface area contributed by atoms with Crippen LogP contribution in [-0.2, 0) is 0 Å². The first-order chi connectivity index (χ1) is 13.7. The molecule has 0 aromatic carbocycles. The first-order valence-electron chi connectivity index (χ1n) is 11.8. The molecule has 29 heavy (non-hydrogen) atoms. The van der Waals surface area contributed by atoms with Crippen molar-refractivity contribution < 1.29 is 5.11 Å². The van der Waals surface area contributed by atoms with Crippen molar-refractivity contribution in [2.75, 3.05) is 0 Å². The Morgan fingerprint density at radius 2 is 1.90 bits per heavy atom. The molecule has 0 aromatic rings. The Hall–Kier alpha value is -1.34. The zero-order valence-electron chi connectivity index (χ0n) is 19.2. The number of hydrogen-bond acceptors (Lipinski definition) is 1. The van der Waals surface area contributed by atoms with Gasteiger partial charge < -0.3 is 5.11 Å². The van der Waals surface area contributed by atoms with Gasteiger partial charge in [0.25, 0.3) is 0 Å². The Morgan fingerprint density at radius 3 is 2.62 bits per heavy atom. The van der Waals surface area contributed by atoms with E-state index < -0.39 is 0 Å². The molecule has 5 atom stereocenters. The fourth-order valence-corrected chi connectivity index (χ4v) is 6.14. The fraction of sp³-hybridized carbons (Fsp3) is 0.643. The lowest BCUT2D eigenvalue weighted by Crippen LogP contribution is -2.35. The molecule has 1 N–H and O–H groups in total. The zero-order chi connectivity index (χ0) is 21.2. The lowest BCUT2D eigenvalue weighted by molar-refractivity contribution is 0.112. The minimum absolute atomic E-state index is 0.189. The van der Waals surface area contributed by atoms with Crippen LogP contribution in [0.5, 0.6) is 0 Å². The predicted octanol–water partition coefficient (Wildman–Crippen LogP) is 7.56. The average Bonchev–Trinajstić information content (AvgIpc) is 3.04. The number of aliphatic hydroxyl groups excluding tert-OH is 1. The summed E-state index contributed by atoms with van der Waals surface area (Å²) in [6.45, 7) is 17.9. The van der Waals surface area contributed by atoms with E-state index >= 15 is 0 Å². The third kappa shape index (κ3) is 4.88. The largest absolute Gasteiger partial charge is 0.393 e. The van der Waals surface area contributed by atoms with Crippen molar-refractivity contribution in [1.29, 1.82) is 0 Å². The van der Waals surface area contributed by atoms with Crippen molar-refractivity contribution in [2.45, 2.75) is 85.2 Å². The maximum absolute atomic E-state index is 10.0. The number of fused-ring (bicyclic) bond motifs is 1. The van der Waals surface area contributed by atoms with Gasteiger partial charge in [0.05, 0.1) is 6.10 Å². The van der Waals surface area contributed by atoms with Gasteiger partial charge in [-0.2, -0.15) is 0 Å². The number of allylic oxidation sites excluding steroid dienone is 7. The van der Waals surface area contributed by atoms with Crippen LogP contribution in [0.25, 0.3) is 0 Å². The van der Waals surface area contributed by atoms with Gasteiger partial charge in [-0.05, 0) is 86.0 Å². The summed E-state index contributed by atoms with van der Waals surface area (Å²) in [5, 5.41) is 10.0. The molecule has 0 saturated heterocycles. The second-order valence-electron chi connectivity index (χ2n) is 10.5. The molecule has 160 valence electrons. The van der Waals surface area contributed by atoms with Gasteiger partial charge >= 0.3 is 0 Å². The molecule has 3 fully saturated rings.